The predicted molar refractivity (Wildman–Crippen MR) is 96.1 cm³/mol. The molecule has 0 aliphatic rings. The van der Waals surface area contributed by atoms with Gasteiger partial charge in [0.1, 0.15) is 0 Å². The second kappa shape index (κ2) is 7.65. The van der Waals surface area contributed by atoms with Gasteiger partial charge in [-0.1, -0.05) is 18.2 Å². The van der Waals surface area contributed by atoms with E-state index in [2.05, 4.69) is 0 Å². The molecule has 0 saturated heterocycles. The van der Waals surface area contributed by atoms with Gasteiger partial charge >= 0.3 is 0 Å². The number of hydrogen-bond acceptors (Lipinski definition) is 4. The summed E-state index contributed by atoms with van der Waals surface area (Å²) in [5.74, 6) is -0.0876. The maximum absolute atomic E-state index is 12.4. The van der Waals surface area contributed by atoms with Crippen LogP contribution in [0.4, 0.5) is 0 Å². The van der Waals surface area contributed by atoms with Crippen molar-refractivity contribution in [3.63, 3.8) is 0 Å². The van der Waals surface area contributed by atoms with Gasteiger partial charge in [-0.2, -0.15) is 0 Å². The van der Waals surface area contributed by atoms with Crippen LogP contribution in [0.5, 0.6) is 0 Å². The SMILES string of the molecule is CC(c1ccc(S(C)(=O)=O)cc1)N(C)C(=O)CCn1ccccc1=O. The van der Waals surface area contributed by atoms with E-state index in [4.69, 9.17) is 0 Å². The Morgan fingerprint density at radius 2 is 1.80 bits per heavy atom. The number of rotatable bonds is 6. The van der Waals surface area contributed by atoms with Gasteiger partial charge in [-0.25, -0.2) is 8.42 Å². The van der Waals surface area contributed by atoms with E-state index in [0.29, 0.717) is 6.54 Å². The van der Waals surface area contributed by atoms with Crippen molar-refractivity contribution < 1.29 is 13.2 Å². The van der Waals surface area contributed by atoms with E-state index >= 15 is 0 Å². The van der Waals surface area contributed by atoms with Crippen molar-refractivity contribution in [2.75, 3.05) is 13.3 Å². The molecule has 2 aromatic rings. The first-order valence-electron chi connectivity index (χ1n) is 7.91. The molecule has 6 nitrogen and oxygen atoms in total. The molecule has 0 aliphatic carbocycles. The quantitative estimate of drug-likeness (QED) is 0.786. The van der Waals surface area contributed by atoms with E-state index in [1.807, 2.05) is 6.92 Å². The van der Waals surface area contributed by atoms with E-state index in [9.17, 15) is 18.0 Å². The maximum atomic E-state index is 12.4. The van der Waals surface area contributed by atoms with Gasteiger partial charge in [0.15, 0.2) is 9.84 Å². The molecule has 1 amide bonds. The number of amides is 1. The van der Waals surface area contributed by atoms with Crippen molar-refractivity contribution in [2.24, 2.45) is 0 Å². The average Bonchev–Trinajstić information content (AvgIpc) is 2.59. The van der Waals surface area contributed by atoms with Gasteiger partial charge in [0.2, 0.25) is 5.91 Å². The number of sulfone groups is 1. The zero-order valence-corrected chi connectivity index (χ0v) is 15.4. The fraction of sp³-hybridized carbons (Fsp3) is 0.333. The third-order valence-corrected chi connectivity index (χ3v) is 5.36. The lowest BCUT2D eigenvalue weighted by molar-refractivity contribution is -0.132. The standard InChI is InChI=1S/C18H22N2O4S/c1-14(15-7-9-16(10-8-15)25(3,23)24)19(2)17(21)11-13-20-12-5-4-6-18(20)22/h4-10,12,14H,11,13H2,1-3H3. The summed E-state index contributed by atoms with van der Waals surface area (Å²) in [6.45, 7) is 2.20. The maximum Gasteiger partial charge on any atom is 0.250 e. The van der Waals surface area contributed by atoms with Gasteiger partial charge in [0, 0.05) is 38.5 Å². The lowest BCUT2D eigenvalue weighted by atomic mass is 10.1. The average molecular weight is 362 g/mol. The Balaban J connectivity index is 2.03. The Labute approximate surface area is 147 Å². The minimum absolute atomic E-state index is 0.0876. The number of aryl methyl sites for hydroxylation is 1. The van der Waals surface area contributed by atoms with Gasteiger partial charge in [-0.05, 0) is 30.7 Å². The summed E-state index contributed by atoms with van der Waals surface area (Å²) >= 11 is 0. The van der Waals surface area contributed by atoms with Gasteiger partial charge in [0.05, 0.1) is 10.9 Å². The molecular formula is C18H22N2O4S. The third-order valence-electron chi connectivity index (χ3n) is 4.23. The van der Waals surface area contributed by atoms with Crippen LogP contribution in [0.2, 0.25) is 0 Å². The van der Waals surface area contributed by atoms with Crippen molar-refractivity contribution in [1.29, 1.82) is 0 Å². The zero-order chi connectivity index (χ0) is 18.6. The van der Waals surface area contributed by atoms with Crippen molar-refractivity contribution in [3.8, 4) is 0 Å². The molecular weight excluding hydrogens is 340 g/mol. The van der Waals surface area contributed by atoms with Crippen molar-refractivity contribution in [3.05, 3.63) is 64.6 Å². The summed E-state index contributed by atoms with van der Waals surface area (Å²) in [6, 6.07) is 11.2. The van der Waals surface area contributed by atoms with Crippen molar-refractivity contribution in [2.45, 2.75) is 30.8 Å². The molecule has 1 aromatic carbocycles. The molecule has 134 valence electrons. The number of hydrogen-bond donors (Lipinski definition) is 0. The van der Waals surface area contributed by atoms with E-state index in [0.717, 1.165) is 11.8 Å². The highest BCUT2D eigenvalue weighted by Gasteiger charge is 2.18. The second-order valence-electron chi connectivity index (χ2n) is 6.00. The molecule has 0 fully saturated rings. The molecule has 1 aromatic heterocycles. The lowest BCUT2D eigenvalue weighted by Crippen LogP contribution is -2.31. The zero-order valence-electron chi connectivity index (χ0n) is 14.5. The molecule has 7 heteroatoms. The highest BCUT2D eigenvalue weighted by Crippen LogP contribution is 2.21. The van der Waals surface area contributed by atoms with Crippen LogP contribution >= 0.6 is 0 Å². The van der Waals surface area contributed by atoms with E-state index in [-0.39, 0.29) is 28.8 Å². The van der Waals surface area contributed by atoms with Crippen LogP contribution in [0.25, 0.3) is 0 Å². The molecule has 0 N–H and O–H groups in total. The highest BCUT2D eigenvalue weighted by atomic mass is 32.2. The normalized spacial score (nSPS) is 12.6. The Bertz CT molecular complexity index is 901. The number of pyridine rings is 1. The molecule has 2 rings (SSSR count). The number of carbonyl (C=O) groups is 1. The summed E-state index contributed by atoms with van der Waals surface area (Å²) in [5, 5.41) is 0. The van der Waals surface area contributed by atoms with Gasteiger partial charge < -0.3 is 9.47 Å². The number of aromatic nitrogens is 1. The Hall–Kier alpha value is -2.41. The first-order chi connectivity index (χ1) is 11.7. The summed E-state index contributed by atoms with van der Waals surface area (Å²) in [6.07, 6.45) is 3.03. The molecule has 1 heterocycles. The summed E-state index contributed by atoms with van der Waals surface area (Å²) in [7, 11) is -1.54. The van der Waals surface area contributed by atoms with Crippen LogP contribution in [0.1, 0.15) is 24.9 Å². The molecule has 0 spiro atoms. The molecule has 25 heavy (non-hydrogen) atoms. The van der Waals surface area contributed by atoms with Crippen LogP contribution in [0.15, 0.2) is 58.4 Å². The van der Waals surface area contributed by atoms with Crippen LogP contribution in [0, 0.1) is 0 Å². The molecule has 1 atom stereocenters. The fourth-order valence-electron chi connectivity index (χ4n) is 2.47. The van der Waals surface area contributed by atoms with E-state index < -0.39 is 9.84 Å². The Kier molecular flexibility index (Phi) is 5.79. The molecule has 0 bridgehead atoms. The molecule has 0 saturated carbocycles. The number of benzene rings is 1. The van der Waals surface area contributed by atoms with Crippen molar-refractivity contribution >= 4 is 15.7 Å². The van der Waals surface area contributed by atoms with Crippen LogP contribution in [0.3, 0.4) is 0 Å². The van der Waals surface area contributed by atoms with Crippen molar-refractivity contribution in [1.82, 2.24) is 9.47 Å². The third kappa shape index (κ3) is 4.79. The minimum atomic E-state index is -3.24. The first kappa shape index (κ1) is 18.9. The smallest absolute Gasteiger partial charge is 0.250 e. The fourth-order valence-corrected chi connectivity index (χ4v) is 3.10. The minimum Gasteiger partial charge on any atom is -0.339 e. The Morgan fingerprint density at radius 1 is 1.16 bits per heavy atom. The highest BCUT2D eigenvalue weighted by molar-refractivity contribution is 7.90. The first-order valence-corrected chi connectivity index (χ1v) is 9.80. The van der Waals surface area contributed by atoms with Crippen LogP contribution in [-0.4, -0.2) is 37.1 Å². The Morgan fingerprint density at radius 3 is 2.36 bits per heavy atom. The summed E-state index contributed by atoms with van der Waals surface area (Å²) < 4.78 is 24.5. The number of carbonyl (C=O) groups excluding carboxylic acids is 1. The largest absolute Gasteiger partial charge is 0.339 e. The van der Waals surface area contributed by atoms with Gasteiger partial charge in [0.25, 0.3) is 5.56 Å². The monoisotopic (exact) mass is 362 g/mol. The lowest BCUT2D eigenvalue weighted by Gasteiger charge is -2.25. The summed E-state index contributed by atoms with van der Waals surface area (Å²) in [5.41, 5.74) is 0.711. The van der Waals surface area contributed by atoms with Crippen LogP contribution < -0.4 is 5.56 Å². The topological polar surface area (TPSA) is 76.5 Å². The van der Waals surface area contributed by atoms with E-state index in [1.54, 1.807) is 54.5 Å². The van der Waals surface area contributed by atoms with E-state index in [1.165, 1.54) is 10.6 Å². The van der Waals surface area contributed by atoms with Gasteiger partial charge in [-0.15, -0.1) is 0 Å². The second-order valence-corrected chi connectivity index (χ2v) is 8.02. The molecule has 1 unspecified atom stereocenters. The van der Waals surface area contributed by atoms with Gasteiger partial charge in [-0.3, -0.25) is 9.59 Å². The molecule has 0 radical (unpaired) electrons. The molecule has 0 aliphatic heterocycles. The predicted octanol–water partition coefficient (Wildman–Crippen LogP) is 1.86. The number of nitrogens with zero attached hydrogens (tertiary/aromatic N) is 2. The summed E-state index contributed by atoms with van der Waals surface area (Å²) in [4.78, 5) is 25.9. The van der Waals surface area contributed by atoms with Crippen LogP contribution in [-0.2, 0) is 21.2 Å².